The molecule has 0 radical (unpaired) electrons. The highest BCUT2D eigenvalue weighted by molar-refractivity contribution is 14.0. The molecule has 1 heterocycles. The minimum atomic E-state index is 0. The molecule has 142 valence electrons. The number of aromatic nitrogens is 2. The van der Waals surface area contributed by atoms with Gasteiger partial charge in [-0.3, -0.25) is 4.68 Å². The van der Waals surface area contributed by atoms with E-state index in [2.05, 4.69) is 53.8 Å². The number of rotatable bonds is 8. The van der Waals surface area contributed by atoms with Gasteiger partial charge in [0.15, 0.2) is 5.96 Å². The fourth-order valence-corrected chi connectivity index (χ4v) is 3.21. The number of guanidine groups is 1. The molecule has 2 atom stereocenters. The van der Waals surface area contributed by atoms with Crippen molar-refractivity contribution in [2.24, 2.45) is 10.9 Å². The molecular formula is C20H30IN5. The van der Waals surface area contributed by atoms with Crippen LogP contribution < -0.4 is 10.6 Å². The summed E-state index contributed by atoms with van der Waals surface area (Å²) < 4.78 is 1.95. The van der Waals surface area contributed by atoms with Crippen LogP contribution in [0.15, 0.2) is 47.7 Å². The van der Waals surface area contributed by atoms with Gasteiger partial charge in [0, 0.05) is 25.0 Å². The van der Waals surface area contributed by atoms with Crippen molar-refractivity contribution in [3.8, 4) is 0 Å². The summed E-state index contributed by atoms with van der Waals surface area (Å²) in [7, 11) is 0. The zero-order valence-corrected chi connectivity index (χ0v) is 18.0. The normalized spacial score (nSPS) is 18.9. The van der Waals surface area contributed by atoms with E-state index in [9.17, 15) is 0 Å². The van der Waals surface area contributed by atoms with E-state index in [0.29, 0.717) is 12.6 Å². The van der Waals surface area contributed by atoms with Gasteiger partial charge in [0.25, 0.3) is 0 Å². The molecule has 26 heavy (non-hydrogen) atoms. The topological polar surface area (TPSA) is 54.2 Å². The van der Waals surface area contributed by atoms with Crippen LogP contribution in [0.3, 0.4) is 0 Å². The maximum absolute atomic E-state index is 4.81. The van der Waals surface area contributed by atoms with Crippen LogP contribution in [0.4, 0.5) is 0 Å². The van der Waals surface area contributed by atoms with Crippen LogP contribution in [0.2, 0.25) is 0 Å². The minimum Gasteiger partial charge on any atom is -0.357 e. The molecule has 1 fully saturated rings. The third-order valence-electron chi connectivity index (χ3n) is 4.67. The third kappa shape index (κ3) is 6.00. The largest absolute Gasteiger partial charge is 0.357 e. The van der Waals surface area contributed by atoms with Crippen LogP contribution >= 0.6 is 24.0 Å². The summed E-state index contributed by atoms with van der Waals surface area (Å²) >= 11 is 0. The number of hydrogen-bond acceptors (Lipinski definition) is 2. The Bertz CT molecular complexity index is 683. The average Bonchev–Trinajstić information content (AvgIpc) is 3.13. The lowest BCUT2D eigenvalue weighted by molar-refractivity contribution is 0.655. The van der Waals surface area contributed by atoms with E-state index in [1.54, 1.807) is 0 Å². The van der Waals surface area contributed by atoms with E-state index in [-0.39, 0.29) is 24.0 Å². The number of nitrogens with one attached hydrogen (secondary N) is 2. The van der Waals surface area contributed by atoms with Gasteiger partial charge in [-0.2, -0.15) is 5.10 Å². The van der Waals surface area contributed by atoms with E-state index >= 15 is 0 Å². The smallest absolute Gasteiger partial charge is 0.191 e. The molecule has 6 heteroatoms. The van der Waals surface area contributed by atoms with Crippen molar-refractivity contribution in [1.29, 1.82) is 0 Å². The van der Waals surface area contributed by atoms with Crippen molar-refractivity contribution >= 4 is 29.9 Å². The molecule has 2 unspecified atom stereocenters. The van der Waals surface area contributed by atoms with Crippen LogP contribution in [-0.2, 0) is 13.1 Å². The van der Waals surface area contributed by atoms with Crippen molar-refractivity contribution in [1.82, 2.24) is 20.4 Å². The number of aliphatic imine (C=N–C) groups is 1. The van der Waals surface area contributed by atoms with Crippen LogP contribution in [0.25, 0.3) is 0 Å². The highest BCUT2D eigenvalue weighted by atomic mass is 127. The molecule has 1 saturated carbocycles. The van der Waals surface area contributed by atoms with E-state index < -0.39 is 0 Å². The molecule has 2 N–H and O–H groups in total. The van der Waals surface area contributed by atoms with Gasteiger partial charge in [0.2, 0.25) is 0 Å². The van der Waals surface area contributed by atoms with Crippen molar-refractivity contribution in [2.75, 3.05) is 6.54 Å². The zero-order chi connectivity index (χ0) is 17.5. The molecule has 0 spiro atoms. The maximum atomic E-state index is 4.81. The molecule has 1 aliphatic carbocycles. The maximum Gasteiger partial charge on any atom is 0.191 e. The number of benzene rings is 1. The average molecular weight is 467 g/mol. The summed E-state index contributed by atoms with van der Waals surface area (Å²) in [6.45, 7) is 6.71. The second kappa shape index (κ2) is 10.5. The molecule has 0 aliphatic heterocycles. The Hall–Kier alpha value is -1.57. The molecule has 1 aromatic heterocycles. The molecular weight excluding hydrogens is 437 g/mol. The molecule has 1 aromatic carbocycles. The summed E-state index contributed by atoms with van der Waals surface area (Å²) in [4.78, 5) is 4.81. The highest BCUT2D eigenvalue weighted by Gasteiger charge is 2.36. The van der Waals surface area contributed by atoms with Crippen molar-refractivity contribution in [2.45, 2.75) is 52.2 Å². The van der Waals surface area contributed by atoms with E-state index in [4.69, 9.17) is 4.99 Å². The van der Waals surface area contributed by atoms with Crippen LogP contribution in [0.5, 0.6) is 0 Å². The minimum absolute atomic E-state index is 0. The Morgan fingerprint density at radius 2 is 2.04 bits per heavy atom. The van der Waals surface area contributed by atoms with Gasteiger partial charge in [-0.05, 0) is 42.9 Å². The molecule has 5 nitrogen and oxygen atoms in total. The lowest BCUT2D eigenvalue weighted by atomic mass is 10.1. The fraction of sp³-hybridized carbons (Fsp3) is 0.500. The quantitative estimate of drug-likeness (QED) is 0.353. The van der Waals surface area contributed by atoms with Crippen LogP contribution in [-0.4, -0.2) is 28.3 Å². The molecule has 0 amide bonds. The standard InChI is InChI=1S/C20H29N5.HI/c1-3-8-16-13-19(16)24-20(21-4-2)22-14-17-9-5-6-10-18(17)15-25-12-7-11-23-25;/h5-7,9-12,16,19H,3-4,8,13-15H2,1-2H3,(H2,21,22,24);1H. The SMILES string of the molecule is CCCC1CC1NC(=NCc1ccccc1Cn1cccn1)NCC.I. The highest BCUT2D eigenvalue weighted by Crippen LogP contribution is 2.34. The lowest BCUT2D eigenvalue weighted by Gasteiger charge is -2.12. The van der Waals surface area contributed by atoms with Crippen molar-refractivity contribution in [3.63, 3.8) is 0 Å². The number of hydrogen-bond donors (Lipinski definition) is 2. The van der Waals surface area contributed by atoms with Gasteiger partial charge in [0.05, 0.1) is 13.1 Å². The first-order valence-electron chi connectivity index (χ1n) is 9.39. The second-order valence-electron chi connectivity index (χ2n) is 6.70. The lowest BCUT2D eigenvalue weighted by Crippen LogP contribution is -2.39. The first-order chi connectivity index (χ1) is 12.3. The predicted molar refractivity (Wildman–Crippen MR) is 118 cm³/mol. The summed E-state index contributed by atoms with van der Waals surface area (Å²) in [6.07, 6.45) is 7.65. The molecule has 0 bridgehead atoms. The predicted octanol–water partition coefficient (Wildman–Crippen LogP) is 3.79. The second-order valence-corrected chi connectivity index (χ2v) is 6.70. The van der Waals surface area contributed by atoms with Gasteiger partial charge >= 0.3 is 0 Å². The summed E-state index contributed by atoms with van der Waals surface area (Å²) in [6, 6.07) is 11.0. The monoisotopic (exact) mass is 467 g/mol. The van der Waals surface area contributed by atoms with Crippen molar-refractivity contribution < 1.29 is 0 Å². The number of nitrogens with zero attached hydrogens (tertiary/aromatic N) is 3. The Morgan fingerprint density at radius 3 is 2.73 bits per heavy atom. The number of halogens is 1. The molecule has 1 aliphatic rings. The summed E-state index contributed by atoms with van der Waals surface area (Å²) in [5.74, 6) is 1.75. The fourth-order valence-electron chi connectivity index (χ4n) is 3.21. The molecule has 2 aromatic rings. The Kier molecular flexibility index (Phi) is 8.41. The summed E-state index contributed by atoms with van der Waals surface area (Å²) in [5, 5.41) is 11.3. The van der Waals surface area contributed by atoms with Gasteiger partial charge in [-0.15, -0.1) is 24.0 Å². The van der Waals surface area contributed by atoms with Gasteiger partial charge in [-0.1, -0.05) is 37.6 Å². The van der Waals surface area contributed by atoms with E-state index in [0.717, 1.165) is 25.0 Å². The third-order valence-corrected chi connectivity index (χ3v) is 4.67. The first kappa shape index (κ1) is 20.7. The van der Waals surface area contributed by atoms with E-state index in [1.165, 1.54) is 30.4 Å². The van der Waals surface area contributed by atoms with E-state index in [1.807, 2.05) is 23.1 Å². The Morgan fingerprint density at radius 1 is 1.23 bits per heavy atom. The van der Waals surface area contributed by atoms with Crippen molar-refractivity contribution in [3.05, 3.63) is 53.9 Å². The molecule has 3 rings (SSSR count). The Labute approximate surface area is 173 Å². The van der Waals surface area contributed by atoms with Crippen LogP contribution in [0.1, 0.15) is 44.2 Å². The first-order valence-corrected chi connectivity index (χ1v) is 9.39. The van der Waals surface area contributed by atoms with Gasteiger partial charge < -0.3 is 10.6 Å². The van der Waals surface area contributed by atoms with Crippen LogP contribution in [0, 0.1) is 5.92 Å². The van der Waals surface area contributed by atoms with Gasteiger partial charge in [-0.25, -0.2) is 4.99 Å². The molecule has 0 saturated heterocycles. The zero-order valence-electron chi connectivity index (χ0n) is 15.7. The summed E-state index contributed by atoms with van der Waals surface area (Å²) in [5.41, 5.74) is 2.51. The van der Waals surface area contributed by atoms with Gasteiger partial charge in [0.1, 0.15) is 0 Å². The Balaban J connectivity index is 0.00000243.